The molecule has 8 aliphatic rings. The molecule has 6 fully saturated rings. The third-order valence-electron chi connectivity index (χ3n) is 24.6. The number of hydrogen-bond donors (Lipinski definition) is 15. The van der Waals surface area contributed by atoms with Crippen molar-refractivity contribution in [2.24, 2.45) is 7.05 Å². The van der Waals surface area contributed by atoms with Crippen molar-refractivity contribution in [2.45, 2.75) is 226 Å². The van der Waals surface area contributed by atoms with Crippen LogP contribution in [0.4, 0.5) is 0 Å². The number of amides is 2. The molecular formula is C96H152N12O33P6. The molecule has 12 rings (SSSR count). The van der Waals surface area contributed by atoms with Crippen molar-refractivity contribution in [2.75, 3.05) is 138 Å². The average Bonchev–Trinajstić information content (AvgIpc) is 1.67. The van der Waals surface area contributed by atoms with E-state index in [0.29, 0.717) is 61.0 Å². The van der Waals surface area contributed by atoms with Crippen LogP contribution in [0.2, 0.25) is 0 Å². The smallest absolute Gasteiger partial charge is 0.332 e. The van der Waals surface area contributed by atoms with E-state index in [1.807, 2.05) is 43.6 Å². The summed E-state index contributed by atoms with van der Waals surface area (Å²) in [4.78, 5) is 174. The molecule has 824 valence electrons. The predicted octanol–water partition coefficient (Wildman–Crippen LogP) is -0.0419. The zero-order valence-corrected chi connectivity index (χ0v) is 92.4. The van der Waals surface area contributed by atoms with Crippen molar-refractivity contribution >= 4 is 120 Å². The first-order chi connectivity index (χ1) is 67.9. The lowest BCUT2D eigenvalue weighted by Gasteiger charge is -2.34. The molecular weight excluding hydrogens is 2030 g/mol. The molecule has 51 heteroatoms. The van der Waals surface area contributed by atoms with Crippen molar-refractivity contribution < 1.29 is 122 Å². The largest absolute Gasteiger partial charge is 0.457 e. The number of nitrogens with zero attached hydrogens (tertiary/aromatic N) is 7. The fraction of sp³-hybridized carbons (Fsp3) is 0.604. The highest BCUT2D eigenvalue weighted by atomic mass is 31.2. The Bertz CT molecular complexity index is 6320. The molecule has 4 aromatic heterocycles. The number of rotatable bonds is 34. The van der Waals surface area contributed by atoms with E-state index in [4.69, 9.17) is 37.9 Å². The second kappa shape index (κ2) is 53.2. The maximum Gasteiger partial charge on any atom is 0.332 e. The molecule has 0 aromatic carbocycles. The number of H-pyrrole nitrogens is 3. The number of nitrogens with one attached hydrogen (secondary N) is 5. The maximum atomic E-state index is 12.3. The third kappa shape index (κ3) is 35.6. The van der Waals surface area contributed by atoms with Crippen LogP contribution >= 0.6 is 41.3 Å². The van der Waals surface area contributed by atoms with Crippen LogP contribution in [0.3, 0.4) is 0 Å². The van der Waals surface area contributed by atoms with Gasteiger partial charge in [-0.25, -0.2) is 19.2 Å². The normalized spacial score (nSPS) is 28.3. The minimum absolute atomic E-state index is 0.227. The van der Waals surface area contributed by atoms with Gasteiger partial charge in [-0.05, 0) is 176 Å². The SMILES string of the molecule is C=C1NC(=O)C(C)=CN1[C@@H]1O[C@H](CCP(=C)(C)C)[C@@H](O)[C@H]1O.C=C1NC(=O)C=CN1[C@@H]1O[C@H](CCP(=C)(C)C)[C@@H](O)[C@H]1OC.C=P(C)(C)CC[C@H]1O[C@@H](n2cc(/C=C/CC)c(=O)[nH]c2=O)[C@H](O)[C@@H]1O.C=P(C)(C)CC[C@H]1O[C@@H](n2cc(C(=O)CC(C)=O)c(=O)[nH]c2=O)[C@H](O)[C@@H]1O.C=P(C)(C)CC[C@H]1O[C@@H](n2cc(C(=O)COC(C)=O)c(=O)[nH]c2=O)[C@H](O)[C@@H]1O.C=P(C)(C)CC[C@H]1O[C@@H](n2ccc(=O)n(C)c2=O)[C@H](OC)[C@@H]1O. The zero-order chi connectivity index (χ0) is 111. The summed E-state index contributed by atoms with van der Waals surface area (Å²) in [5.41, 5.74) is -5.77. The number of Topliss-reactive ketones (excluding diaryl/α,β-unsaturated/α-hetero) is 3. The van der Waals surface area contributed by atoms with E-state index in [2.05, 4.69) is 125 Å². The fourth-order valence-electron chi connectivity index (χ4n) is 16.3. The molecule has 12 heterocycles. The van der Waals surface area contributed by atoms with Gasteiger partial charge in [0.05, 0.1) is 54.2 Å². The first-order valence-electron chi connectivity index (χ1n) is 47.4. The molecule has 24 atom stereocenters. The molecule has 0 saturated carbocycles. The Morgan fingerprint density at radius 3 is 1.15 bits per heavy atom. The van der Waals surface area contributed by atoms with Crippen molar-refractivity contribution in [1.82, 2.24) is 58.2 Å². The van der Waals surface area contributed by atoms with E-state index >= 15 is 0 Å². The second-order valence-corrected chi connectivity index (χ2v) is 67.5. The van der Waals surface area contributed by atoms with Crippen LogP contribution in [0, 0.1) is 0 Å². The summed E-state index contributed by atoms with van der Waals surface area (Å²) < 4.78 is 55.3. The topological polar surface area (TPSA) is 627 Å². The molecule has 15 N–H and O–H groups in total. The van der Waals surface area contributed by atoms with Gasteiger partial charge in [0.1, 0.15) is 96.2 Å². The minimum atomic E-state index is -1.43. The first-order valence-corrected chi connectivity index (χ1v) is 65.7. The lowest BCUT2D eigenvalue weighted by atomic mass is 10.1. The van der Waals surface area contributed by atoms with Crippen molar-refractivity contribution in [3.05, 3.63) is 186 Å². The number of carbonyl (C=O) groups excluding carboxylic acids is 6. The highest BCUT2D eigenvalue weighted by molar-refractivity contribution is 7.73. The van der Waals surface area contributed by atoms with Gasteiger partial charge in [-0.15, -0.1) is 79.1 Å². The van der Waals surface area contributed by atoms with E-state index < -0.39 is 264 Å². The number of methoxy groups -OCH3 is 2. The van der Waals surface area contributed by atoms with Crippen LogP contribution in [-0.2, 0) is 68.9 Å². The van der Waals surface area contributed by atoms with Crippen LogP contribution < -0.4 is 55.6 Å². The first kappa shape index (κ1) is 125. The van der Waals surface area contributed by atoms with Crippen molar-refractivity contribution in [3.8, 4) is 0 Å². The molecule has 147 heavy (non-hydrogen) atoms. The Balaban J connectivity index is 0.000000239. The van der Waals surface area contributed by atoms with Gasteiger partial charge in [0.15, 0.2) is 49.8 Å². The number of allylic oxidation sites excluding steroid dienone is 1. The number of aromatic nitrogens is 8. The molecule has 4 aromatic rings. The number of ether oxygens (including phenoxy) is 9. The van der Waals surface area contributed by atoms with Gasteiger partial charge in [0, 0.05) is 83.1 Å². The van der Waals surface area contributed by atoms with Crippen molar-refractivity contribution in [3.63, 3.8) is 0 Å². The number of esters is 1. The van der Waals surface area contributed by atoms with Gasteiger partial charge in [-0.1, -0.05) is 32.2 Å². The number of hydrogen-bond acceptors (Lipinski definition) is 35. The summed E-state index contributed by atoms with van der Waals surface area (Å²) in [7, 11) is 4.42. The molecule has 0 spiro atoms. The van der Waals surface area contributed by atoms with Crippen LogP contribution in [0.5, 0.6) is 0 Å². The lowest BCUT2D eigenvalue weighted by molar-refractivity contribution is -0.139. The highest BCUT2D eigenvalue weighted by Gasteiger charge is 2.52. The number of ketones is 3. The van der Waals surface area contributed by atoms with Gasteiger partial charge >= 0.3 is 28.7 Å². The Kier molecular flexibility index (Phi) is 45.4. The van der Waals surface area contributed by atoms with Gasteiger partial charge in [0.25, 0.3) is 34.1 Å². The van der Waals surface area contributed by atoms with Gasteiger partial charge in [0.2, 0.25) is 5.78 Å². The second-order valence-electron chi connectivity index (χ2n) is 41.6. The summed E-state index contributed by atoms with van der Waals surface area (Å²) in [5, 5.41) is 108. The summed E-state index contributed by atoms with van der Waals surface area (Å²) in [5.74, 6) is -2.40. The molecule has 8 aliphatic heterocycles. The molecule has 2 amide bonds. The van der Waals surface area contributed by atoms with Gasteiger partial charge < -0.3 is 114 Å². The summed E-state index contributed by atoms with van der Waals surface area (Å²) in [6.07, 6.45) is 24.9. The number of carbonyl (C=O) groups is 6. The number of aliphatic hydroxyl groups excluding tert-OH is 10. The average molecular weight is 2190 g/mol. The quantitative estimate of drug-likeness (QED) is 0.0126. The van der Waals surface area contributed by atoms with E-state index in [1.54, 1.807) is 48.4 Å². The molecule has 6 saturated heterocycles. The van der Waals surface area contributed by atoms with E-state index in [0.717, 1.165) is 81.2 Å². The predicted molar refractivity (Wildman–Crippen MR) is 578 cm³/mol. The van der Waals surface area contributed by atoms with Crippen LogP contribution in [-0.4, -0.2) is 432 Å². The third-order valence-corrected chi connectivity index (χ3v) is 33.4. The minimum Gasteiger partial charge on any atom is -0.457 e. The Labute approximate surface area is 853 Å². The summed E-state index contributed by atoms with van der Waals surface area (Å²) >= 11 is 0. The summed E-state index contributed by atoms with van der Waals surface area (Å²) in [6, 6.07) is 1.29. The number of aliphatic hydroxyl groups is 10. The fourth-order valence-corrected chi connectivity index (χ4v) is 22.0. The van der Waals surface area contributed by atoms with Crippen LogP contribution in [0.1, 0.15) is 130 Å². The van der Waals surface area contributed by atoms with E-state index in [9.17, 15) is 118 Å². The van der Waals surface area contributed by atoms with E-state index in [1.165, 1.54) is 50.2 Å². The molecule has 0 radical (unpaired) electrons. The number of aromatic amines is 3. The molecule has 0 bridgehead atoms. The molecule has 0 unspecified atom stereocenters. The van der Waals surface area contributed by atoms with Crippen molar-refractivity contribution in [1.29, 1.82) is 0 Å². The standard InChI is InChI=1S/C17H25N2O8P.C17H25N2O7P.C17H27N2O5P.C15H25N2O5P.2C15H25N2O4P/c1-9(20)26-8-11(21)10-7-19(17(25)18-15(10)24)16-14(23)13(22)12(27-16)5-6-28(2,3)4;1-9(20)7-11(21)10-8-19(17(25)18-15(10)24)16-14(23)13(22)12(26-16)5-6-27(2,3)4;1-5-6-7-11-10-19(17(23)18-15(11)22)16-14(21)13(20)12(24-16)8-9-25(2,3)4;1-16-11(18)6-8-17(15(16)20)14-13(21-2)12(19)10(22-14)7-9-23(3,4)5;1-10-16-12(18)6-8-17(10)15-14(20-2)13(19)11(21-15)7-9-22(3,4)5;1-9-8-17(10(2)16-14(9)20)15-13(19)12(18)11(21-15)6-7-22(3,4)5/h7,12-14,16,22-23H,2,5-6,8H2,1,3-4H3,(H,18,24,25);8,12-14,16,22-23H,2,5-7H2,1,3-4H3,(H,18,24,25);6-7,10,12-14,16,20-21H,2,5,8-9H2,1,3-4H3,(H,18,22,23);6,8,10,12-14,19H,3,7,9H2,1-2,4-5H3;6,8,11,13-15,19H,1,3,7,9H2,2,4-5H3,(H,16,18);8,11-13,15,18-19H,2-3,6-7H2,1,4-5H3,(H,16,20)/b;;7-6+;;;/t3*12-,13-,14-,16-;10-,12-,13-,14-;11-,13-,14-,15-;11-,12-,13-,15-/m111111/s1. The Morgan fingerprint density at radius 1 is 0.442 bits per heavy atom. The van der Waals surface area contributed by atoms with Crippen LogP contribution in [0.15, 0.2) is 124 Å². The molecule has 0 aliphatic carbocycles. The lowest BCUT2D eigenvalue weighted by Crippen LogP contribution is -2.47. The maximum absolute atomic E-state index is 12.3. The van der Waals surface area contributed by atoms with Crippen LogP contribution in [0.25, 0.3) is 6.08 Å². The highest BCUT2D eigenvalue weighted by Crippen LogP contribution is 2.46. The Hall–Kier alpha value is -8.48. The summed E-state index contributed by atoms with van der Waals surface area (Å²) in [6.45, 7) is 30.2. The Morgan fingerprint density at radius 2 is 0.782 bits per heavy atom. The van der Waals surface area contributed by atoms with Gasteiger partial charge in [-0.3, -0.25) is 85.7 Å². The van der Waals surface area contributed by atoms with E-state index in [-0.39, 0.29) is 29.0 Å². The molecule has 45 nitrogen and oxygen atoms in total. The van der Waals surface area contributed by atoms with Gasteiger partial charge in [-0.2, -0.15) is 0 Å². The zero-order valence-electron chi connectivity index (χ0n) is 87.1. The monoisotopic (exact) mass is 2190 g/mol.